The van der Waals surface area contributed by atoms with Crippen molar-refractivity contribution in [3.63, 3.8) is 0 Å². The molecule has 0 fully saturated rings. The Bertz CT molecular complexity index is 1070. The van der Waals surface area contributed by atoms with Gasteiger partial charge in [-0.1, -0.05) is 35.0 Å². The fraction of sp³-hybridized carbons (Fsp3) is 0.150. The van der Waals surface area contributed by atoms with Crippen molar-refractivity contribution in [2.75, 3.05) is 6.61 Å². The van der Waals surface area contributed by atoms with Gasteiger partial charge in [-0.15, -0.1) is 16.4 Å². The third-order valence-corrected chi connectivity index (χ3v) is 5.27. The van der Waals surface area contributed by atoms with Gasteiger partial charge >= 0.3 is 0 Å². The predicted octanol–water partition coefficient (Wildman–Crippen LogP) is 5.42. The van der Waals surface area contributed by atoms with Crippen molar-refractivity contribution in [1.82, 2.24) is 20.0 Å². The topological polar surface area (TPSA) is 52.8 Å². The summed E-state index contributed by atoms with van der Waals surface area (Å²) < 4.78 is 7.32. The molecule has 0 spiro atoms. The van der Waals surface area contributed by atoms with Crippen LogP contribution in [-0.2, 0) is 0 Å². The lowest BCUT2D eigenvalue weighted by atomic mass is 10.1. The first-order valence-electron chi connectivity index (χ1n) is 8.53. The van der Waals surface area contributed by atoms with Crippen LogP contribution in [0.4, 0.5) is 0 Å². The van der Waals surface area contributed by atoms with Crippen molar-refractivity contribution in [2.24, 2.45) is 0 Å². The van der Waals surface area contributed by atoms with Gasteiger partial charge in [0.25, 0.3) is 0 Å². The normalized spacial score (nSPS) is 10.9. The van der Waals surface area contributed by atoms with E-state index in [-0.39, 0.29) is 0 Å². The Balaban J connectivity index is 1.66. The van der Waals surface area contributed by atoms with Crippen molar-refractivity contribution < 1.29 is 4.74 Å². The molecule has 0 aliphatic heterocycles. The lowest BCUT2D eigenvalue weighted by Crippen LogP contribution is -1.98. The summed E-state index contributed by atoms with van der Waals surface area (Å²) in [5.74, 6) is 0.681. The molecule has 5 nitrogen and oxygen atoms in total. The van der Waals surface area contributed by atoms with E-state index in [2.05, 4.69) is 10.3 Å². The molecule has 0 saturated heterocycles. The molecule has 0 amide bonds. The number of aromatic nitrogens is 4. The highest BCUT2D eigenvalue weighted by molar-refractivity contribution is 7.13. The van der Waals surface area contributed by atoms with E-state index in [1.807, 2.05) is 72.4 Å². The molecule has 27 heavy (non-hydrogen) atoms. The molecule has 2 heterocycles. The Morgan fingerprint density at radius 2 is 1.96 bits per heavy atom. The molecule has 0 N–H and O–H groups in total. The first-order chi connectivity index (χ1) is 13.2. The Morgan fingerprint density at radius 3 is 2.70 bits per heavy atom. The molecule has 0 aliphatic carbocycles. The van der Waals surface area contributed by atoms with Gasteiger partial charge in [-0.2, -0.15) is 0 Å². The molecule has 2 aromatic carbocycles. The molecular weight excluding hydrogens is 380 g/mol. The van der Waals surface area contributed by atoms with Crippen molar-refractivity contribution in [3.05, 3.63) is 64.6 Å². The van der Waals surface area contributed by atoms with Gasteiger partial charge in [-0.3, -0.25) is 0 Å². The van der Waals surface area contributed by atoms with Crippen LogP contribution in [0.15, 0.2) is 53.9 Å². The molecule has 0 unspecified atom stereocenters. The SMILES string of the molecule is CCOc1ccc(-c2csc(-c3nnn(-c4ccccc4)c3C)n2)cc1Cl. The summed E-state index contributed by atoms with van der Waals surface area (Å²) in [5.41, 5.74) is 4.51. The van der Waals surface area contributed by atoms with Crippen LogP contribution in [-0.4, -0.2) is 26.6 Å². The third-order valence-electron chi connectivity index (χ3n) is 4.13. The molecule has 0 bridgehead atoms. The predicted molar refractivity (Wildman–Crippen MR) is 109 cm³/mol. The summed E-state index contributed by atoms with van der Waals surface area (Å²) in [4.78, 5) is 4.74. The number of hydrogen-bond acceptors (Lipinski definition) is 5. The van der Waals surface area contributed by atoms with Crippen molar-refractivity contribution in [1.29, 1.82) is 0 Å². The maximum absolute atomic E-state index is 6.30. The van der Waals surface area contributed by atoms with E-state index in [0.29, 0.717) is 17.4 Å². The molecule has 7 heteroatoms. The fourth-order valence-corrected chi connectivity index (χ4v) is 3.89. The maximum atomic E-state index is 6.30. The summed E-state index contributed by atoms with van der Waals surface area (Å²) in [6, 6.07) is 15.6. The lowest BCUT2D eigenvalue weighted by molar-refractivity contribution is 0.340. The van der Waals surface area contributed by atoms with Gasteiger partial charge < -0.3 is 4.74 Å². The van der Waals surface area contributed by atoms with E-state index in [0.717, 1.165) is 33.3 Å². The highest BCUT2D eigenvalue weighted by Crippen LogP contribution is 2.33. The maximum Gasteiger partial charge on any atom is 0.146 e. The standard InChI is InChI=1S/C20H17ClN4OS/c1-3-26-18-10-9-14(11-16(18)21)17-12-27-20(22-17)19-13(2)25(24-23-19)15-7-5-4-6-8-15/h4-12H,3H2,1-2H3. The monoisotopic (exact) mass is 396 g/mol. The second kappa shape index (κ2) is 7.50. The minimum Gasteiger partial charge on any atom is -0.492 e. The smallest absolute Gasteiger partial charge is 0.146 e. The van der Waals surface area contributed by atoms with E-state index in [4.69, 9.17) is 21.3 Å². The van der Waals surface area contributed by atoms with Crippen LogP contribution < -0.4 is 4.74 Å². The van der Waals surface area contributed by atoms with Gasteiger partial charge in [0, 0.05) is 10.9 Å². The Kier molecular flexibility index (Phi) is 4.92. The van der Waals surface area contributed by atoms with Crippen molar-refractivity contribution in [3.8, 4) is 33.4 Å². The Labute approximate surface area is 166 Å². The van der Waals surface area contributed by atoms with Gasteiger partial charge in [-0.25, -0.2) is 9.67 Å². The first-order valence-corrected chi connectivity index (χ1v) is 9.79. The molecule has 0 atom stereocenters. The third kappa shape index (κ3) is 3.46. The highest BCUT2D eigenvalue weighted by Gasteiger charge is 2.16. The summed E-state index contributed by atoms with van der Waals surface area (Å²) in [6.45, 7) is 4.51. The largest absolute Gasteiger partial charge is 0.492 e. The van der Waals surface area contributed by atoms with Crippen molar-refractivity contribution >= 4 is 22.9 Å². The number of hydrogen-bond donors (Lipinski definition) is 0. The molecule has 4 rings (SSSR count). The van der Waals surface area contributed by atoms with E-state index in [1.165, 1.54) is 11.3 Å². The summed E-state index contributed by atoms with van der Waals surface area (Å²) in [6.07, 6.45) is 0. The number of rotatable bonds is 5. The van der Waals surface area contributed by atoms with Crippen molar-refractivity contribution in [2.45, 2.75) is 13.8 Å². The summed E-state index contributed by atoms with van der Waals surface area (Å²) >= 11 is 7.84. The Hall–Kier alpha value is -2.70. The molecule has 0 radical (unpaired) electrons. The molecule has 136 valence electrons. The number of para-hydroxylation sites is 1. The molecule has 0 aliphatic rings. The lowest BCUT2D eigenvalue weighted by Gasteiger charge is -2.06. The zero-order valence-electron chi connectivity index (χ0n) is 14.9. The van der Waals surface area contributed by atoms with Crippen LogP contribution >= 0.6 is 22.9 Å². The van der Waals surface area contributed by atoms with Gasteiger partial charge in [0.2, 0.25) is 0 Å². The molecule has 4 aromatic rings. The number of thiazole rings is 1. The number of ether oxygens (including phenoxy) is 1. The second-order valence-electron chi connectivity index (χ2n) is 5.89. The van der Waals surface area contributed by atoms with Gasteiger partial charge in [0.05, 0.1) is 28.7 Å². The fourth-order valence-electron chi connectivity index (χ4n) is 2.79. The minimum atomic E-state index is 0.579. The first kappa shape index (κ1) is 17.7. The van der Waals surface area contributed by atoms with E-state index in [1.54, 1.807) is 0 Å². The quantitative estimate of drug-likeness (QED) is 0.452. The molecular formula is C20H17ClN4OS. The van der Waals surface area contributed by atoms with Crippen LogP contribution in [0.5, 0.6) is 5.75 Å². The summed E-state index contributed by atoms with van der Waals surface area (Å²) in [5, 5.41) is 12.0. The van der Waals surface area contributed by atoms with E-state index in [9.17, 15) is 0 Å². The summed E-state index contributed by atoms with van der Waals surface area (Å²) in [7, 11) is 0. The average Bonchev–Trinajstić information content (AvgIpc) is 3.31. The van der Waals surface area contributed by atoms with E-state index < -0.39 is 0 Å². The van der Waals surface area contributed by atoms with Crippen LogP contribution in [0.1, 0.15) is 12.6 Å². The molecule has 0 saturated carbocycles. The number of halogens is 1. The number of benzene rings is 2. The van der Waals surface area contributed by atoms with Gasteiger partial charge in [-0.05, 0) is 44.2 Å². The Morgan fingerprint density at radius 1 is 1.15 bits per heavy atom. The minimum absolute atomic E-state index is 0.579. The molecule has 2 aromatic heterocycles. The van der Waals surface area contributed by atoms with Crippen LogP contribution in [0, 0.1) is 6.92 Å². The van der Waals surface area contributed by atoms with Gasteiger partial charge in [0.15, 0.2) is 0 Å². The van der Waals surface area contributed by atoms with E-state index >= 15 is 0 Å². The number of nitrogens with zero attached hydrogens (tertiary/aromatic N) is 4. The zero-order valence-corrected chi connectivity index (χ0v) is 16.5. The van der Waals surface area contributed by atoms with Crippen LogP contribution in [0.3, 0.4) is 0 Å². The highest BCUT2D eigenvalue weighted by atomic mass is 35.5. The van der Waals surface area contributed by atoms with Crippen LogP contribution in [0.2, 0.25) is 5.02 Å². The van der Waals surface area contributed by atoms with Gasteiger partial charge in [0.1, 0.15) is 16.5 Å². The zero-order chi connectivity index (χ0) is 18.8. The van der Waals surface area contributed by atoms with Crippen LogP contribution in [0.25, 0.3) is 27.6 Å². The average molecular weight is 397 g/mol. The second-order valence-corrected chi connectivity index (χ2v) is 7.15.